The fourth-order valence-electron chi connectivity index (χ4n) is 10.1. The van der Waals surface area contributed by atoms with E-state index in [0.29, 0.717) is 17.5 Å². The van der Waals surface area contributed by atoms with E-state index in [1.54, 1.807) is 0 Å². The summed E-state index contributed by atoms with van der Waals surface area (Å²) in [6.45, 7) is 0. The second-order valence-corrected chi connectivity index (χ2v) is 16.2. The number of benzene rings is 9. The van der Waals surface area contributed by atoms with Crippen LogP contribution in [0.4, 0.5) is 0 Å². The molecule has 0 unspecified atom stereocenters. The van der Waals surface area contributed by atoms with Crippen LogP contribution >= 0.6 is 0 Å². The molecule has 0 N–H and O–H groups in total. The average molecular weight is 806 g/mol. The third-order valence-electron chi connectivity index (χ3n) is 12.8. The highest BCUT2D eigenvalue weighted by Gasteiger charge is 2.51. The molecule has 0 saturated heterocycles. The van der Waals surface area contributed by atoms with Crippen LogP contribution in [-0.4, -0.2) is 15.0 Å². The van der Waals surface area contributed by atoms with Gasteiger partial charge in [0.1, 0.15) is 22.7 Å². The maximum atomic E-state index is 7.01. The lowest BCUT2D eigenvalue weighted by Crippen LogP contribution is -2.32. The predicted octanol–water partition coefficient (Wildman–Crippen LogP) is 14.6. The Morgan fingerprint density at radius 1 is 0.333 bits per heavy atom. The van der Waals surface area contributed by atoms with Crippen LogP contribution in [0.3, 0.4) is 0 Å². The second-order valence-electron chi connectivity index (χ2n) is 16.2. The molecule has 0 radical (unpaired) electrons. The van der Waals surface area contributed by atoms with E-state index in [2.05, 4.69) is 164 Å². The Kier molecular flexibility index (Phi) is 7.75. The first-order valence-electron chi connectivity index (χ1n) is 21.3. The van der Waals surface area contributed by atoms with Crippen LogP contribution in [0.5, 0.6) is 11.5 Å². The van der Waals surface area contributed by atoms with Gasteiger partial charge in [-0.2, -0.15) is 0 Å². The van der Waals surface area contributed by atoms with Crippen LogP contribution in [0.1, 0.15) is 22.3 Å². The zero-order chi connectivity index (χ0) is 41.5. The number of para-hydroxylation sites is 4. The molecule has 294 valence electrons. The number of hydrogen-bond donors (Lipinski definition) is 0. The number of hydrogen-bond acceptors (Lipinski definition) is 5. The fraction of sp³-hybridized carbons (Fsp3) is 0.0172. The SMILES string of the molecule is c1ccc(-c2nc(-c3ccc(-c4cccc5c4oc4ccccc45)cc3)nc(-c3cccc(-c4cccc5c4Oc4ccccc4C54c5ccccc5-c5ccccc54)c3)n2)cc1. The van der Waals surface area contributed by atoms with Crippen molar-refractivity contribution in [1.29, 1.82) is 0 Å². The van der Waals surface area contributed by atoms with Gasteiger partial charge < -0.3 is 9.15 Å². The molecule has 13 rings (SSSR count). The third kappa shape index (κ3) is 5.33. The normalized spacial score (nSPS) is 13.0. The van der Waals surface area contributed by atoms with Gasteiger partial charge in [0.2, 0.25) is 0 Å². The largest absolute Gasteiger partial charge is 0.456 e. The Labute approximate surface area is 363 Å². The number of ether oxygens (including phenoxy) is 1. The van der Waals surface area contributed by atoms with E-state index >= 15 is 0 Å². The van der Waals surface area contributed by atoms with Gasteiger partial charge in [0, 0.05) is 49.7 Å². The number of furan rings is 1. The summed E-state index contributed by atoms with van der Waals surface area (Å²) in [5.74, 6) is 3.49. The van der Waals surface area contributed by atoms with E-state index in [1.165, 1.54) is 22.3 Å². The number of fused-ring (bicyclic) bond motifs is 12. The zero-order valence-electron chi connectivity index (χ0n) is 33.9. The summed E-state index contributed by atoms with van der Waals surface area (Å²) in [5.41, 5.74) is 15.3. The Hall–Kier alpha value is -8.41. The Morgan fingerprint density at radius 3 is 1.62 bits per heavy atom. The van der Waals surface area contributed by atoms with Crippen molar-refractivity contribution in [3.05, 3.63) is 235 Å². The fourth-order valence-corrected chi connectivity index (χ4v) is 10.1. The Balaban J connectivity index is 0.939. The smallest absolute Gasteiger partial charge is 0.164 e. The van der Waals surface area contributed by atoms with Crippen molar-refractivity contribution in [2.24, 2.45) is 0 Å². The second kappa shape index (κ2) is 13.8. The predicted molar refractivity (Wildman–Crippen MR) is 252 cm³/mol. The summed E-state index contributed by atoms with van der Waals surface area (Å²) in [7, 11) is 0. The van der Waals surface area contributed by atoms with Crippen molar-refractivity contribution in [3.8, 4) is 79.0 Å². The standard InChI is InChI=1S/C58H35N3O2/c1-2-15-37(16-3-1)55-59-56(38-33-31-36(32-34-38)41-22-13-24-46-45-21-6-10-29-51(45)62-53(41)46)61-57(60-55)40-18-12-17-39(35-40)42-23-14-28-50-54(42)63-52-30-11-9-27-49(52)58(50)47-25-7-4-19-43(47)44-20-5-8-26-48(44)58/h1-35H. The number of aromatic nitrogens is 3. The zero-order valence-corrected chi connectivity index (χ0v) is 33.9. The Bertz CT molecular complexity index is 3560. The molecule has 0 bridgehead atoms. The van der Waals surface area contributed by atoms with Crippen molar-refractivity contribution in [1.82, 2.24) is 15.0 Å². The molecule has 63 heavy (non-hydrogen) atoms. The van der Waals surface area contributed by atoms with Gasteiger partial charge in [0.15, 0.2) is 17.5 Å². The van der Waals surface area contributed by atoms with Crippen LogP contribution in [-0.2, 0) is 5.41 Å². The van der Waals surface area contributed by atoms with Gasteiger partial charge in [-0.15, -0.1) is 0 Å². The maximum Gasteiger partial charge on any atom is 0.164 e. The van der Waals surface area contributed by atoms with Crippen molar-refractivity contribution in [2.45, 2.75) is 5.41 Å². The molecule has 3 heterocycles. The third-order valence-corrected chi connectivity index (χ3v) is 12.8. The number of nitrogens with zero attached hydrogens (tertiary/aromatic N) is 3. The number of rotatable bonds is 5. The summed E-state index contributed by atoms with van der Waals surface area (Å²) in [6.07, 6.45) is 0. The lowest BCUT2D eigenvalue weighted by molar-refractivity contribution is 0.438. The topological polar surface area (TPSA) is 61.0 Å². The van der Waals surface area contributed by atoms with Crippen molar-refractivity contribution in [3.63, 3.8) is 0 Å². The highest BCUT2D eigenvalue weighted by Crippen LogP contribution is 2.63. The molecule has 2 aromatic heterocycles. The minimum Gasteiger partial charge on any atom is -0.456 e. The van der Waals surface area contributed by atoms with Gasteiger partial charge in [-0.05, 0) is 51.6 Å². The van der Waals surface area contributed by atoms with Crippen LogP contribution in [0.25, 0.3) is 89.5 Å². The molecule has 1 aliphatic carbocycles. The lowest BCUT2D eigenvalue weighted by atomic mass is 9.65. The van der Waals surface area contributed by atoms with Gasteiger partial charge in [-0.1, -0.05) is 194 Å². The van der Waals surface area contributed by atoms with E-state index in [-0.39, 0.29) is 0 Å². The maximum absolute atomic E-state index is 7.01. The molecular formula is C58H35N3O2. The van der Waals surface area contributed by atoms with E-state index in [4.69, 9.17) is 24.1 Å². The summed E-state index contributed by atoms with van der Waals surface area (Å²) in [5, 5.41) is 2.21. The lowest BCUT2D eigenvalue weighted by Gasteiger charge is -2.40. The molecule has 0 saturated carbocycles. The van der Waals surface area contributed by atoms with E-state index in [1.807, 2.05) is 48.5 Å². The van der Waals surface area contributed by atoms with Crippen molar-refractivity contribution >= 4 is 21.9 Å². The van der Waals surface area contributed by atoms with E-state index < -0.39 is 5.41 Å². The first-order valence-corrected chi connectivity index (χ1v) is 21.3. The molecule has 5 heteroatoms. The van der Waals surface area contributed by atoms with E-state index in [0.717, 1.165) is 83.5 Å². The molecule has 1 spiro atoms. The van der Waals surface area contributed by atoms with Gasteiger partial charge in [-0.25, -0.2) is 15.0 Å². The summed E-state index contributed by atoms with van der Waals surface area (Å²) < 4.78 is 13.4. The molecule has 11 aromatic rings. The van der Waals surface area contributed by atoms with Crippen molar-refractivity contribution in [2.75, 3.05) is 0 Å². The van der Waals surface area contributed by atoms with Crippen molar-refractivity contribution < 1.29 is 9.15 Å². The van der Waals surface area contributed by atoms with Gasteiger partial charge in [0.25, 0.3) is 0 Å². The molecule has 0 fully saturated rings. The molecule has 9 aromatic carbocycles. The van der Waals surface area contributed by atoms with Crippen LogP contribution < -0.4 is 4.74 Å². The quantitative estimate of drug-likeness (QED) is 0.173. The first kappa shape index (κ1) is 35.4. The van der Waals surface area contributed by atoms with Crippen LogP contribution in [0, 0.1) is 0 Å². The molecule has 2 aliphatic rings. The van der Waals surface area contributed by atoms with Gasteiger partial charge in [-0.3, -0.25) is 0 Å². The molecule has 0 atom stereocenters. The van der Waals surface area contributed by atoms with Crippen LogP contribution in [0.2, 0.25) is 0 Å². The minimum absolute atomic E-state index is 0.549. The molecule has 1 aliphatic heterocycles. The van der Waals surface area contributed by atoms with Crippen LogP contribution in [0.15, 0.2) is 217 Å². The van der Waals surface area contributed by atoms with E-state index in [9.17, 15) is 0 Å². The summed E-state index contributed by atoms with van der Waals surface area (Å²) in [4.78, 5) is 15.3. The summed E-state index contributed by atoms with van der Waals surface area (Å²) >= 11 is 0. The molecular weight excluding hydrogens is 771 g/mol. The molecule has 0 amide bonds. The first-order chi connectivity index (χ1) is 31.2. The monoisotopic (exact) mass is 805 g/mol. The van der Waals surface area contributed by atoms with Gasteiger partial charge in [0.05, 0.1) is 5.41 Å². The minimum atomic E-state index is -0.549. The van der Waals surface area contributed by atoms with Gasteiger partial charge >= 0.3 is 0 Å². The highest BCUT2D eigenvalue weighted by molar-refractivity contribution is 6.09. The summed E-state index contributed by atoms with van der Waals surface area (Å²) in [6, 6.07) is 74.2. The molecule has 5 nitrogen and oxygen atoms in total. The highest BCUT2D eigenvalue weighted by atomic mass is 16.5. The Morgan fingerprint density at radius 2 is 0.841 bits per heavy atom. The average Bonchev–Trinajstić information content (AvgIpc) is 3.88.